The number of amides is 1. The third-order valence-corrected chi connectivity index (χ3v) is 4.98. The van der Waals surface area contributed by atoms with Crippen molar-refractivity contribution in [2.24, 2.45) is 4.99 Å². The zero-order valence-electron chi connectivity index (χ0n) is 14.4. The molecule has 2 aliphatic heterocycles. The Balaban J connectivity index is 1.65. The van der Waals surface area contributed by atoms with Crippen molar-refractivity contribution < 1.29 is 9.53 Å². The number of likely N-dealkylation sites (N-methyl/N-ethyl adjacent to an activating group) is 1. The van der Waals surface area contributed by atoms with Gasteiger partial charge in [-0.25, -0.2) is 0 Å². The number of piperazine rings is 1. The minimum absolute atomic E-state index is 0.142. The smallest absolute Gasteiger partial charge is 0.286 e. The molecule has 2 aliphatic rings. The van der Waals surface area contributed by atoms with Crippen LogP contribution < -0.4 is 4.74 Å². The maximum Gasteiger partial charge on any atom is 0.286 e. The molecule has 24 heavy (non-hydrogen) atoms. The molecule has 1 fully saturated rings. The van der Waals surface area contributed by atoms with Crippen molar-refractivity contribution in [1.82, 2.24) is 9.80 Å². The van der Waals surface area contributed by atoms with Crippen LogP contribution in [0.3, 0.4) is 0 Å². The summed E-state index contributed by atoms with van der Waals surface area (Å²) in [6, 6.07) is 7.79. The summed E-state index contributed by atoms with van der Waals surface area (Å²) in [5, 5.41) is 0.833. The number of rotatable bonds is 3. The van der Waals surface area contributed by atoms with Gasteiger partial charge in [0.15, 0.2) is 5.17 Å². The topological polar surface area (TPSA) is 45.1 Å². The molecule has 0 aliphatic carbocycles. The highest BCUT2D eigenvalue weighted by molar-refractivity contribution is 8.18. The summed E-state index contributed by atoms with van der Waals surface area (Å²) in [5.74, 6) is 0.698. The Hall–Kier alpha value is -1.79. The largest absolute Gasteiger partial charge is 0.491 e. The van der Waals surface area contributed by atoms with Crippen molar-refractivity contribution in [3.63, 3.8) is 0 Å². The minimum atomic E-state index is -0.142. The monoisotopic (exact) mass is 345 g/mol. The molecular weight excluding hydrogens is 322 g/mol. The second-order valence-corrected chi connectivity index (χ2v) is 7.35. The molecule has 0 aromatic heterocycles. The first-order valence-electron chi connectivity index (χ1n) is 8.24. The van der Waals surface area contributed by atoms with Gasteiger partial charge in [-0.1, -0.05) is 12.1 Å². The van der Waals surface area contributed by atoms with Crippen LogP contribution in [0.2, 0.25) is 0 Å². The molecule has 0 spiro atoms. The predicted octanol–water partition coefficient (Wildman–Crippen LogP) is 2.69. The lowest BCUT2D eigenvalue weighted by atomic mass is 10.2. The number of carbonyl (C=O) groups is 1. The number of hydrogen-bond acceptors (Lipinski definition) is 5. The molecule has 1 saturated heterocycles. The van der Waals surface area contributed by atoms with E-state index in [0.717, 1.165) is 42.7 Å². The van der Waals surface area contributed by atoms with Gasteiger partial charge in [-0.2, -0.15) is 4.99 Å². The van der Waals surface area contributed by atoms with E-state index >= 15 is 0 Å². The summed E-state index contributed by atoms with van der Waals surface area (Å²) in [4.78, 5) is 21.6. The van der Waals surface area contributed by atoms with E-state index in [2.05, 4.69) is 21.8 Å². The fraction of sp³-hybridized carbons (Fsp3) is 0.444. The highest BCUT2D eigenvalue weighted by Gasteiger charge is 2.27. The Labute approximate surface area is 147 Å². The molecule has 0 N–H and O–H groups in total. The first-order chi connectivity index (χ1) is 11.5. The maximum atomic E-state index is 12.2. The Morgan fingerprint density at radius 1 is 1.17 bits per heavy atom. The van der Waals surface area contributed by atoms with Crippen molar-refractivity contribution in [3.05, 3.63) is 34.7 Å². The van der Waals surface area contributed by atoms with E-state index < -0.39 is 0 Å². The second kappa shape index (κ2) is 7.40. The van der Waals surface area contributed by atoms with E-state index in [1.165, 1.54) is 11.8 Å². The lowest BCUT2D eigenvalue weighted by molar-refractivity contribution is -0.113. The van der Waals surface area contributed by atoms with Crippen LogP contribution >= 0.6 is 11.8 Å². The summed E-state index contributed by atoms with van der Waals surface area (Å²) in [7, 11) is 2.12. The van der Waals surface area contributed by atoms with Crippen LogP contribution in [0.25, 0.3) is 6.08 Å². The SMILES string of the molecule is CC(C)Oc1ccc(C=C2SC(N3CCN(C)CC3)=NC2=O)cc1. The normalized spacial score (nSPS) is 20.8. The van der Waals surface area contributed by atoms with Gasteiger partial charge in [-0.3, -0.25) is 4.79 Å². The summed E-state index contributed by atoms with van der Waals surface area (Å²) in [6.07, 6.45) is 2.05. The number of aliphatic imine (C=N–C) groups is 1. The Bertz CT molecular complexity index is 659. The van der Waals surface area contributed by atoms with Gasteiger partial charge >= 0.3 is 0 Å². The molecule has 5 nitrogen and oxygen atoms in total. The zero-order valence-corrected chi connectivity index (χ0v) is 15.2. The number of benzene rings is 1. The van der Waals surface area contributed by atoms with Crippen LogP contribution in [-0.4, -0.2) is 60.2 Å². The fourth-order valence-corrected chi connectivity index (χ4v) is 3.56. The molecule has 0 radical (unpaired) electrons. The van der Waals surface area contributed by atoms with Gasteiger partial charge in [-0.05, 0) is 56.4 Å². The van der Waals surface area contributed by atoms with Crippen molar-refractivity contribution in [1.29, 1.82) is 0 Å². The zero-order chi connectivity index (χ0) is 17.1. The highest BCUT2D eigenvalue weighted by Crippen LogP contribution is 2.30. The molecule has 0 unspecified atom stereocenters. The van der Waals surface area contributed by atoms with Crippen molar-refractivity contribution in [2.45, 2.75) is 20.0 Å². The van der Waals surface area contributed by atoms with E-state index in [0.29, 0.717) is 4.91 Å². The number of hydrogen-bond donors (Lipinski definition) is 0. The third kappa shape index (κ3) is 4.19. The quantitative estimate of drug-likeness (QED) is 0.788. The van der Waals surface area contributed by atoms with Crippen LogP contribution in [0.4, 0.5) is 0 Å². The molecule has 6 heteroatoms. The Morgan fingerprint density at radius 2 is 1.83 bits per heavy atom. The average molecular weight is 345 g/mol. The molecule has 0 atom stereocenters. The van der Waals surface area contributed by atoms with Crippen molar-refractivity contribution >= 4 is 28.9 Å². The summed E-state index contributed by atoms with van der Waals surface area (Å²) in [6.45, 7) is 7.85. The van der Waals surface area contributed by atoms with Crippen LogP contribution in [0.1, 0.15) is 19.4 Å². The molecule has 1 aromatic rings. The van der Waals surface area contributed by atoms with Crippen molar-refractivity contribution in [3.8, 4) is 5.75 Å². The van der Waals surface area contributed by atoms with Gasteiger partial charge in [-0.15, -0.1) is 0 Å². The predicted molar refractivity (Wildman–Crippen MR) is 99.3 cm³/mol. The molecule has 0 bridgehead atoms. The molecular formula is C18H23N3O2S. The van der Waals surface area contributed by atoms with E-state index in [-0.39, 0.29) is 12.0 Å². The van der Waals surface area contributed by atoms with Crippen LogP contribution in [0, 0.1) is 0 Å². The average Bonchev–Trinajstić information content (AvgIpc) is 2.90. The van der Waals surface area contributed by atoms with Crippen LogP contribution in [-0.2, 0) is 4.79 Å². The molecule has 1 amide bonds. The van der Waals surface area contributed by atoms with Crippen molar-refractivity contribution in [2.75, 3.05) is 33.2 Å². The summed E-state index contributed by atoms with van der Waals surface area (Å²) >= 11 is 1.47. The van der Waals surface area contributed by atoms with E-state index in [1.807, 2.05) is 44.2 Å². The molecule has 0 saturated carbocycles. The lowest BCUT2D eigenvalue weighted by Crippen LogP contribution is -2.46. The molecule has 128 valence electrons. The minimum Gasteiger partial charge on any atom is -0.491 e. The van der Waals surface area contributed by atoms with Gasteiger partial charge in [0.25, 0.3) is 5.91 Å². The Kier molecular flexibility index (Phi) is 5.26. The van der Waals surface area contributed by atoms with Crippen LogP contribution in [0.5, 0.6) is 5.75 Å². The number of carbonyl (C=O) groups excluding carboxylic acids is 1. The van der Waals surface area contributed by atoms with E-state index in [9.17, 15) is 4.79 Å². The number of nitrogens with zero attached hydrogens (tertiary/aromatic N) is 3. The summed E-state index contributed by atoms with van der Waals surface area (Å²) < 4.78 is 5.64. The van der Waals surface area contributed by atoms with Gasteiger partial charge < -0.3 is 14.5 Å². The summed E-state index contributed by atoms with van der Waals surface area (Å²) in [5.41, 5.74) is 0.983. The molecule has 2 heterocycles. The van der Waals surface area contributed by atoms with Gasteiger partial charge in [0.05, 0.1) is 11.0 Å². The lowest BCUT2D eigenvalue weighted by Gasteiger charge is -2.32. The third-order valence-electron chi connectivity index (χ3n) is 3.93. The van der Waals surface area contributed by atoms with E-state index in [4.69, 9.17) is 4.74 Å². The van der Waals surface area contributed by atoms with Gasteiger partial charge in [0, 0.05) is 26.2 Å². The second-order valence-electron chi connectivity index (χ2n) is 6.34. The fourth-order valence-electron chi connectivity index (χ4n) is 2.60. The highest BCUT2D eigenvalue weighted by atomic mass is 32.2. The van der Waals surface area contributed by atoms with E-state index in [1.54, 1.807) is 0 Å². The number of amidine groups is 1. The molecule has 3 rings (SSSR count). The standard InChI is InChI=1S/C18H23N3O2S/c1-13(2)23-15-6-4-14(5-7-15)12-16-17(22)19-18(24-16)21-10-8-20(3)9-11-21/h4-7,12-13H,8-11H2,1-3H3. The van der Waals surface area contributed by atoms with Gasteiger partial charge in [0.1, 0.15) is 5.75 Å². The number of thioether (sulfide) groups is 1. The first-order valence-corrected chi connectivity index (χ1v) is 9.06. The first kappa shape index (κ1) is 17.0. The number of ether oxygens (including phenoxy) is 1. The molecule has 1 aromatic carbocycles. The Morgan fingerprint density at radius 3 is 2.46 bits per heavy atom. The van der Waals surface area contributed by atoms with Crippen LogP contribution in [0.15, 0.2) is 34.2 Å². The van der Waals surface area contributed by atoms with Gasteiger partial charge in [0.2, 0.25) is 0 Å². The maximum absolute atomic E-state index is 12.2.